The topological polar surface area (TPSA) is 67.4 Å². The van der Waals surface area contributed by atoms with Gasteiger partial charge < -0.3 is 15.4 Å². The first-order valence-electron chi connectivity index (χ1n) is 8.05. The SMILES string of the molecule is CCOc1ccccc1NC(=O)C(=O)Nc1cc(C(F)(F)F)cc(C(F)(F)F)c1. The van der Waals surface area contributed by atoms with Crippen molar-refractivity contribution in [1.82, 2.24) is 0 Å². The molecule has 0 aliphatic rings. The van der Waals surface area contributed by atoms with Crippen LogP contribution in [0.15, 0.2) is 42.5 Å². The lowest BCUT2D eigenvalue weighted by molar-refractivity contribution is -0.143. The zero-order valence-corrected chi connectivity index (χ0v) is 14.7. The van der Waals surface area contributed by atoms with E-state index in [-0.39, 0.29) is 24.1 Å². The predicted molar refractivity (Wildman–Crippen MR) is 91.3 cm³/mol. The first-order valence-corrected chi connectivity index (χ1v) is 8.05. The highest BCUT2D eigenvalue weighted by atomic mass is 19.4. The Morgan fingerprint density at radius 2 is 1.38 bits per heavy atom. The third-order valence-corrected chi connectivity index (χ3v) is 3.49. The van der Waals surface area contributed by atoms with Crippen molar-refractivity contribution in [3.05, 3.63) is 53.6 Å². The standard InChI is InChI=1S/C18H14F6N2O3/c1-2-29-14-6-4-3-5-13(14)26-16(28)15(27)25-12-8-10(17(19,20)21)7-11(9-12)18(22,23)24/h3-9H,2H2,1H3,(H,25,27)(H,26,28). The Labute approximate surface area is 160 Å². The second-order valence-electron chi connectivity index (χ2n) is 5.63. The smallest absolute Gasteiger partial charge is 0.416 e. The van der Waals surface area contributed by atoms with E-state index < -0.39 is 41.0 Å². The number of alkyl halides is 6. The number of anilines is 2. The number of rotatable bonds is 4. The summed E-state index contributed by atoms with van der Waals surface area (Å²) in [6.45, 7) is 1.93. The fourth-order valence-electron chi connectivity index (χ4n) is 2.25. The maximum Gasteiger partial charge on any atom is 0.416 e. The third kappa shape index (κ3) is 5.87. The second-order valence-corrected chi connectivity index (χ2v) is 5.63. The highest BCUT2D eigenvalue weighted by Gasteiger charge is 2.37. The van der Waals surface area contributed by atoms with Gasteiger partial charge in [-0.3, -0.25) is 9.59 Å². The van der Waals surface area contributed by atoms with E-state index in [2.05, 4.69) is 5.32 Å². The Balaban J connectivity index is 2.25. The van der Waals surface area contributed by atoms with Gasteiger partial charge in [0.1, 0.15) is 5.75 Å². The molecule has 2 rings (SSSR count). The Kier molecular flexibility index (Phi) is 6.40. The van der Waals surface area contributed by atoms with Gasteiger partial charge in [-0.1, -0.05) is 12.1 Å². The largest absolute Gasteiger partial charge is 0.492 e. The first kappa shape index (κ1) is 22.1. The van der Waals surface area contributed by atoms with Gasteiger partial charge in [-0.15, -0.1) is 0 Å². The number of amides is 2. The van der Waals surface area contributed by atoms with E-state index in [0.29, 0.717) is 12.1 Å². The minimum atomic E-state index is -5.08. The molecule has 0 saturated heterocycles. The van der Waals surface area contributed by atoms with Crippen LogP contribution in [-0.2, 0) is 21.9 Å². The lowest BCUT2D eigenvalue weighted by Gasteiger charge is -2.15. The number of hydrogen-bond acceptors (Lipinski definition) is 3. The maximum atomic E-state index is 12.9. The number of hydrogen-bond donors (Lipinski definition) is 2. The molecule has 0 spiro atoms. The monoisotopic (exact) mass is 420 g/mol. The number of para-hydroxylation sites is 2. The van der Waals surface area contributed by atoms with Crippen LogP contribution in [0.4, 0.5) is 37.7 Å². The normalized spacial score (nSPS) is 11.7. The molecule has 2 aromatic carbocycles. The summed E-state index contributed by atoms with van der Waals surface area (Å²) in [4.78, 5) is 24.0. The van der Waals surface area contributed by atoms with Crippen LogP contribution in [0.3, 0.4) is 0 Å². The summed E-state index contributed by atoms with van der Waals surface area (Å²) >= 11 is 0. The summed E-state index contributed by atoms with van der Waals surface area (Å²) in [5.74, 6) is -2.53. The van der Waals surface area contributed by atoms with Crippen molar-refractivity contribution in [3.63, 3.8) is 0 Å². The first-order chi connectivity index (χ1) is 13.4. The van der Waals surface area contributed by atoms with E-state index in [1.165, 1.54) is 18.2 Å². The molecule has 0 aliphatic carbocycles. The molecule has 2 N–H and O–H groups in total. The molecule has 0 unspecified atom stereocenters. The molecule has 5 nitrogen and oxygen atoms in total. The number of halogens is 6. The number of carbonyl (C=O) groups is 2. The molecule has 0 saturated carbocycles. The molecule has 0 fully saturated rings. The minimum Gasteiger partial charge on any atom is -0.492 e. The van der Waals surface area contributed by atoms with Gasteiger partial charge in [0.05, 0.1) is 23.4 Å². The average Bonchev–Trinajstić information content (AvgIpc) is 2.61. The van der Waals surface area contributed by atoms with Gasteiger partial charge in [0.15, 0.2) is 0 Å². The van der Waals surface area contributed by atoms with Gasteiger partial charge in [-0.25, -0.2) is 0 Å². The van der Waals surface area contributed by atoms with Gasteiger partial charge >= 0.3 is 24.2 Å². The maximum absolute atomic E-state index is 12.9. The molecule has 2 aromatic rings. The number of carbonyl (C=O) groups excluding carboxylic acids is 2. The molecule has 29 heavy (non-hydrogen) atoms. The van der Waals surface area contributed by atoms with E-state index in [9.17, 15) is 35.9 Å². The second kappa shape index (κ2) is 8.41. The van der Waals surface area contributed by atoms with Crippen LogP contribution in [0.5, 0.6) is 5.75 Å². The van der Waals surface area contributed by atoms with Crippen molar-refractivity contribution in [2.45, 2.75) is 19.3 Å². The molecule has 0 aromatic heterocycles. The van der Waals surface area contributed by atoms with Gasteiger partial charge in [0.25, 0.3) is 0 Å². The molecule has 0 bridgehead atoms. The van der Waals surface area contributed by atoms with E-state index in [1.807, 2.05) is 0 Å². The Hall–Kier alpha value is -3.24. The lowest BCUT2D eigenvalue weighted by Crippen LogP contribution is -2.29. The molecule has 0 atom stereocenters. The van der Waals surface area contributed by atoms with Gasteiger partial charge in [-0.2, -0.15) is 26.3 Å². The van der Waals surface area contributed by atoms with Gasteiger partial charge in [-0.05, 0) is 37.3 Å². The van der Waals surface area contributed by atoms with Crippen LogP contribution in [0.2, 0.25) is 0 Å². The Bertz CT molecular complexity index is 877. The number of ether oxygens (including phenoxy) is 1. The number of benzene rings is 2. The molecular formula is C18H14F6N2O3. The van der Waals surface area contributed by atoms with Crippen LogP contribution in [0, 0.1) is 0 Å². The van der Waals surface area contributed by atoms with Crippen molar-refractivity contribution in [1.29, 1.82) is 0 Å². The van der Waals surface area contributed by atoms with Crippen molar-refractivity contribution in [2.75, 3.05) is 17.2 Å². The highest BCUT2D eigenvalue weighted by molar-refractivity contribution is 6.43. The summed E-state index contributed by atoms with van der Waals surface area (Å²) < 4.78 is 82.4. The summed E-state index contributed by atoms with van der Waals surface area (Å²) in [5, 5.41) is 3.93. The Morgan fingerprint density at radius 3 is 1.90 bits per heavy atom. The van der Waals surface area contributed by atoms with Gasteiger partial charge in [0, 0.05) is 5.69 Å². The third-order valence-electron chi connectivity index (χ3n) is 3.49. The van der Waals surface area contributed by atoms with E-state index in [0.717, 1.165) is 0 Å². The minimum absolute atomic E-state index is 0.0892. The molecule has 0 radical (unpaired) electrons. The number of nitrogens with one attached hydrogen (secondary N) is 2. The van der Waals surface area contributed by atoms with Crippen molar-refractivity contribution in [2.24, 2.45) is 0 Å². The fourth-order valence-corrected chi connectivity index (χ4v) is 2.25. The molecule has 11 heteroatoms. The Morgan fingerprint density at radius 1 is 0.862 bits per heavy atom. The summed E-state index contributed by atoms with van der Waals surface area (Å²) in [6.07, 6.45) is -10.2. The summed E-state index contributed by atoms with van der Waals surface area (Å²) in [5.41, 5.74) is -3.96. The van der Waals surface area contributed by atoms with Crippen molar-refractivity contribution >= 4 is 23.2 Å². The van der Waals surface area contributed by atoms with Crippen molar-refractivity contribution in [3.8, 4) is 5.75 Å². The fraction of sp³-hybridized carbons (Fsp3) is 0.222. The quantitative estimate of drug-likeness (QED) is 0.557. The van der Waals surface area contributed by atoms with Crippen molar-refractivity contribution < 1.29 is 40.7 Å². The van der Waals surface area contributed by atoms with E-state index in [1.54, 1.807) is 18.3 Å². The molecule has 0 heterocycles. The zero-order chi connectivity index (χ0) is 21.8. The lowest BCUT2D eigenvalue weighted by atomic mass is 10.1. The van der Waals surface area contributed by atoms with E-state index in [4.69, 9.17) is 4.74 Å². The molecular weight excluding hydrogens is 406 g/mol. The van der Waals surface area contributed by atoms with Crippen LogP contribution in [0.25, 0.3) is 0 Å². The summed E-state index contributed by atoms with van der Waals surface area (Å²) in [6, 6.07) is 6.54. The molecule has 0 aliphatic heterocycles. The highest BCUT2D eigenvalue weighted by Crippen LogP contribution is 2.37. The zero-order valence-electron chi connectivity index (χ0n) is 14.7. The van der Waals surface area contributed by atoms with Crippen LogP contribution >= 0.6 is 0 Å². The van der Waals surface area contributed by atoms with Crippen LogP contribution in [0.1, 0.15) is 18.1 Å². The summed E-state index contributed by atoms with van der Waals surface area (Å²) in [7, 11) is 0. The predicted octanol–water partition coefficient (Wildman–Crippen LogP) is 4.70. The average molecular weight is 420 g/mol. The van der Waals surface area contributed by atoms with Crippen LogP contribution in [-0.4, -0.2) is 18.4 Å². The van der Waals surface area contributed by atoms with E-state index >= 15 is 0 Å². The van der Waals surface area contributed by atoms with Gasteiger partial charge in [0.2, 0.25) is 0 Å². The molecule has 156 valence electrons. The molecule has 2 amide bonds. The van der Waals surface area contributed by atoms with Crippen LogP contribution < -0.4 is 15.4 Å².